The van der Waals surface area contributed by atoms with Crippen molar-refractivity contribution in [1.82, 2.24) is 4.90 Å². The fraction of sp³-hybridized carbons (Fsp3) is 0.538. The maximum absolute atomic E-state index is 10.2. The maximum atomic E-state index is 10.2. The lowest BCUT2D eigenvalue weighted by atomic mass is 9.52. The number of benzene rings is 2. The van der Waals surface area contributed by atoms with E-state index in [1.807, 2.05) is 6.07 Å². The molecule has 3 aliphatic rings. The predicted molar refractivity (Wildman–Crippen MR) is 115 cm³/mol. The lowest BCUT2D eigenvalue weighted by Gasteiger charge is -2.59. The monoisotopic (exact) mass is 375 g/mol. The molecule has 3 atom stereocenters. The molecule has 2 aromatic rings. The molecule has 2 heteroatoms. The Morgan fingerprint density at radius 1 is 1.00 bits per heavy atom. The van der Waals surface area contributed by atoms with Crippen LogP contribution in [-0.4, -0.2) is 29.1 Å². The van der Waals surface area contributed by atoms with Crippen LogP contribution in [0.3, 0.4) is 0 Å². The largest absolute Gasteiger partial charge is 0.508 e. The lowest BCUT2D eigenvalue weighted by molar-refractivity contribution is -0.0119. The van der Waals surface area contributed by atoms with Crippen LogP contribution >= 0.6 is 0 Å². The molecule has 1 saturated carbocycles. The highest BCUT2D eigenvalue weighted by atomic mass is 16.3. The predicted octanol–water partition coefficient (Wildman–Crippen LogP) is 5.47. The minimum atomic E-state index is 0.343. The number of hydrogen-bond donors (Lipinski definition) is 1. The Morgan fingerprint density at radius 2 is 1.89 bits per heavy atom. The van der Waals surface area contributed by atoms with E-state index in [4.69, 9.17) is 0 Å². The summed E-state index contributed by atoms with van der Waals surface area (Å²) in [6, 6.07) is 17.9. The van der Waals surface area contributed by atoms with Crippen molar-refractivity contribution in [2.75, 3.05) is 13.1 Å². The molecule has 148 valence electrons. The van der Waals surface area contributed by atoms with Gasteiger partial charge in [0.2, 0.25) is 0 Å². The Bertz CT molecular complexity index is 816. The van der Waals surface area contributed by atoms with Gasteiger partial charge in [-0.05, 0) is 92.8 Å². The number of likely N-dealkylation sites (tertiary alicyclic amines) is 1. The summed E-state index contributed by atoms with van der Waals surface area (Å²) in [4.78, 5) is 2.83. The average molecular weight is 376 g/mol. The quantitative estimate of drug-likeness (QED) is 0.700. The van der Waals surface area contributed by atoms with E-state index in [-0.39, 0.29) is 0 Å². The molecule has 0 radical (unpaired) electrons. The minimum Gasteiger partial charge on any atom is -0.508 e. The van der Waals surface area contributed by atoms with E-state index in [0.29, 0.717) is 17.2 Å². The molecule has 2 aliphatic carbocycles. The van der Waals surface area contributed by atoms with Crippen LogP contribution < -0.4 is 0 Å². The molecule has 1 heterocycles. The van der Waals surface area contributed by atoms with E-state index in [9.17, 15) is 5.11 Å². The topological polar surface area (TPSA) is 23.5 Å². The second kappa shape index (κ2) is 7.55. The molecule has 1 N–H and O–H groups in total. The second-order valence-electron chi connectivity index (χ2n) is 9.35. The number of aromatic hydroxyl groups is 1. The SMILES string of the molecule is Oc1ccc2c(c1)[C@]13CCCC[C@H]1[C@H](C2)N(CCCCc1ccccc1)CC3. The number of piperidine rings is 1. The summed E-state index contributed by atoms with van der Waals surface area (Å²) in [5.74, 6) is 1.25. The van der Waals surface area contributed by atoms with E-state index in [1.54, 1.807) is 0 Å². The third kappa shape index (κ3) is 3.16. The number of phenolic OH excluding ortho intramolecular Hbond substituents is 1. The van der Waals surface area contributed by atoms with Gasteiger partial charge in [-0.1, -0.05) is 49.2 Å². The van der Waals surface area contributed by atoms with Gasteiger partial charge >= 0.3 is 0 Å². The Hall–Kier alpha value is -1.80. The second-order valence-corrected chi connectivity index (χ2v) is 9.35. The van der Waals surface area contributed by atoms with Crippen molar-refractivity contribution in [3.63, 3.8) is 0 Å². The maximum Gasteiger partial charge on any atom is 0.115 e. The molecule has 1 saturated heterocycles. The van der Waals surface area contributed by atoms with Gasteiger partial charge in [0, 0.05) is 11.5 Å². The number of hydrogen-bond acceptors (Lipinski definition) is 2. The van der Waals surface area contributed by atoms with E-state index < -0.39 is 0 Å². The van der Waals surface area contributed by atoms with Crippen LogP contribution in [0.1, 0.15) is 61.6 Å². The summed E-state index contributed by atoms with van der Waals surface area (Å²) in [6.07, 6.45) is 11.7. The molecule has 0 unspecified atom stereocenters. The fourth-order valence-electron chi connectivity index (χ4n) is 6.64. The van der Waals surface area contributed by atoms with Crippen molar-refractivity contribution in [1.29, 1.82) is 0 Å². The number of rotatable bonds is 5. The molecular formula is C26H33NO. The van der Waals surface area contributed by atoms with Crippen molar-refractivity contribution in [3.8, 4) is 5.75 Å². The third-order valence-corrected chi connectivity index (χ3v) is 7.94. The van der Waals surface area contributed by atoms with Crippen LogP contribution in [0.25, 0.3) is 0 Å². The van der Waals surface area contributed by atoms with Crippen LogP contribution in [0.5, 0.6) is 5.75 Å². The summed E-state index contributed by atoms with van der Waals surface area (Å²) in [5.41, 5.74) is 4.82. The van der Waals surface area contributed by atoms with Crippen molar-refractivity contribution in [2.24, 2.45) is 5.92 Å². The number of nitrogens with zero attached hydrogens (tertiary/aromatic N) is 1. The van der Waals surface area contributed by atoms with Crippen LogP contribution in [0.15, 0.2) is 48.5 Å². The lowest BCUT2D eigenvalue weighted by Crippen LogP contribution is -2.61. The van der Waals surface area contributed by atoms with Crippen LogP contribution in [-0.2, 0) is 18.3 Å². The summed E-state index contributed by atoms with van der Waals surface area (Å²) < 4.78 is 0. The zero-order valence-electron chi connectivity index (χ0n) is 16.9. The first-order chi connectivity index (χ1) is 13.8. The highest BCUT2D eigenvalue weighted by Crippen LogP contribution is 2.56. The first-order valence-corrected chi connectivity index (χ1v) is 11.4. The Morgan fingerprint density at radius 3 is 2.79 bits per heavy atom. The zero-order chi connectivity index (χ0) is 19.0. The molecule has 0 spiro atoms. The van der Waals surface area contributed by atoms with Crippen molar-refractivity contribution in [2.45, 2.75) is 69.2 Å². The van der Waals surface area contributed by atoms with Gasteiger partial charge in [-0.3, -0.25) is 4.90 Å². The van der Waals surface area contributed by atoms with Gasteiger partial charge in [-0.25, -0.2) is 0 Å². The first-order valence-electron chi connectivity index (χ1n) is 11.4. The van der Waals surface area contributed by atoms with Gasteiger partial charge in [0.15, 0.2) is 0 Å². The molecule has 28 heavy (non-hydrogen) atoms. The molecule has 2 bridgehead atoms. The number of unbranched alkanes of at least 4 members (excludes halogenated alkanes) is 1. The molecule has 0 aromatic heterocycles. The zero-order valence-corrected chi connectivity index (χ0v) is 16.9. The standard InChI is InChI=1S/C26H33NO/c28-22-13-12-21-18-25-23-11-4-6-14-26(23,24(21)19-22)15-17-27(25)16-7-5-10-20-8-2-1-3-9-20/h1-3,8-9,12-13,19,23,25,28H,4-7,10-11,14-18H2/t23-,25-,26-/m0/s1. The number of aryl methyl sites for hydroxylation is 1. The van der Waals surface area contributed by atoms with E-state index in [1.165, 1.54) is 87.6 Å². The molecule has 2 aromatic carbocycles. The molecule has 2 fully saturated rings. The van der Waals surface area contributed by atoms with Gasteiger partial charge in [-0.15, -0.1) is 0 Å². The minimum absolute atomic E-state index is 0.343. The Labute approximate surface area is 169 Å². The van der Waals surface area contributed by atoms with E-state index in [2.05, 4.69) is 47.4 Å². The fourth-order valence-corrected chi connectivity index (χ4v) is 6.64. The summed E-state index contributed by atoms with van der Waals surface area (Å²) in [6.45, 7) is 2.49. The molecule has 0 amide bonds. The smallest absolute Gasteiger partial charge is 0.115 e. The molecule has 1 aliphatic heterocycles. The van der Waals surface area contributed by atoms with Gasteiger partial charge in [0.05, 0.1) is 0 Å². The van der Waals surface area contributed by atoms with Gasteiger partial charge in [0.25, 0.3) is 0 Å². The average Bonchev–Trinajstić information content (AvgIpc) is 2.74. The van der Waals surface area contributed by atoms with Gasteiger partial charge in [0.1, 0.15) is 5.75 Å². The van der Waals surface area contributed by atoms with Gasteiger partial charge < -0.3 is 5.11 Å². The summed E-state index contributed by atoms with van der Waals surface area (Å²) >= 11 is 0. The van der Waals surface area contributed by atoms with Crippen molar-refractivity contribution < 1.29 is 5.11 Å². The van der Waals surface area contributed by atoms with Gasteiger partial charge in [-0.2, -0.15) is 0 Å². The molecular weight excluding hydrogens is 342 g/mol. The Kier molecular flexibility index (Phi) is 4.92. The number of fused-ring (bicyclic) bond motifs is 1. The van der Waals surface area contributed by atoms with Crippen molar-refractivity contribution >= 4 is 0 Å². The Balaban J connectivity index is 1.30. The highest BCUT2D eigenvalue weighted by molar-refractivity contribution is 5.45. The summed E-state index contributed by atoms with van der Waals surface area (Å²) in [7, 11) is 0. The highest BCUT2D eigenvalue weighted by Gasteiger charge is 2.53. The molecule has 5 rings (SSSR count). The number of phenols is 1. The van der Waals surface area contributed by atoms with E-state index >= 15 is 0 Å². The van der Waals surface area contributed by atoms with Crippen LogP contribution in [0.2, 0.25) is 0 Å². The van der Waals surface area contributed by atoms with E-state index in [0.717, 1.165) is 5.92 Å². The normalized spacial score (nSPS) is 29.1. The molecule has 2 nitrogen and oxygen atoms in total. The summed E-state index contributed by atoms with van der Waals surface area (Å²) in [5, 5.41) is 10.2. The first kappa shape index (κ1) is 18.2. The van der Waals surface area contributed by atoms with Crippen molar-refractivity contribution in [3.05, 3.63) is 65.2 Å². The van der Waals surface area contributed by atoms with Crippen LogP contribution in [0.4, 0.5) is 0 Å². The van der Waals surface area contributed by atoms with Crippen LogP contribution in [0, 0.1) is 5.92 Å². The third-order valence-electron chi connectivity index (χ3n) is 7.94.